The molecule has 0 aromatic carbocycles. The van der Waals surface area contributed by atoms with Crippen LogP contribution in [0.5, 0.6) is 0 Å². The second-order valence-electron chi connectivity index (χ2n) is 21.6. The minimum atomic E-state index is -0.801. The van der Waals surface area contributed by atoms with Gasteiger partial charge in [0, 0.05) is 19.3 Å². The Balaban J connectivity index is 4.35. The van der Waals surface area contributed by atoms with E-state index in [1.165, 1.54) is 103 Å². The molecule has 6 heteroatoms. The SMILES string of the molecule is CC/C=C\C/C=C\C/C=C\C/C=C\C/C=C\CCCCCCCCCCCC(=O)OCC(COC(=O)CCCCC/C=C\C/C=C\C/C=C\CC)OC(=O)CCCCCCCCCCCCCC/C=C\C/C=C\C/C=C\C/C=C\CC. The van der Waals surface area contributed by atoms with Crippen molar-refractivity contribution in [2.45, 2.75) is 297 Å². The van der Waals surface area contributed by atoms with Gasteiger partial charge in [0.15, 0.2) is 6.10 Å². The van der Waals surface area contributed by atoms with Crippen LogP contribution in [-0.4, -0.2) is 37.2 Å². The van der Waals surface area contributed by atoms with Gasteiger partial charge in [-0.2, -0.15) is 0 Å². The summed E-state index contributed by atoms with van der Waals surface area (Å²) in [7, 11) is 0. The van der Waals surface area contributed by atoms with Gasteiger partial charge in [0.05, 0.1) is 0 Å². The molecule has 458 valence electrons. The van der Waals surface area contributed by atoms with E-state index in [0.717, 1.165) is 148 Å². The third-order valence-electron chi connectivity index (χ3n) is 13.8. The maximum Gasteiger partial charge on any atom is 0.306 e. The number of hydrogen-bond donors (Lipinski definition) is 0. The van der Waals surface area contributed by atoms with Gasteiger partial charge in [0.2, 0.25) is 0 Å². The normalized spacial score (nSPS) is 13.1. The van der Waals surface area contributed by atoms with Crippen LogP contribution in [0.4, 0.5) is 0 Å². The number of unbranched alkanes of at least 4 members (excludes halogenated alkanes) is 24. The van der Waals surface area contributed by atoms with Gasteiger partial charge in [-0.3, -0.25) is 14.4 Å². The molecule has 0 fully saturated rings. The highest BCUT2D eigenvalue weighted by Gasteiger charge is 2.19. The first-order valence-corrected chi connectivity index (χ1v) is 33.3. The van der Waals surface area contributed by atoms with E-state index in [1.54, 1.807) is 0 Å². The lowest BCUT2D eigenvalue weighted by Gasteiger charge is -2.18. The van der Waals surface area contributed by atoms with E-state index in [-0.39, 0.29) is 31.1 Å². The van der Waals surface area contributed by atoms with Gasteiger partial charge >= 0.3 is 17.9 Å². The van der Waals surface area contributed by atoms with Gasteiger partial charge in [0.25, 0.3) is 0 Å². The molecule has 0 amide bonds. The number of esters is 3. The predicted molar refractivity (Wildman–Crippen MR) is 352 cm³/mol. The van der Waals surface area contributed by atoms with Crippen molar-refractivity contribution in [2.75, 3.05) is 13.2 Å². The Hall–Kier alpha value is -4.71. The highest BCUT2D eigenvalue weighted by molar-refractivity contribution is 5.71. The number of rotatable bonds is 59. The van der Waals surface area contributed by atoms with E-state index < -0.39 is 6.10 Å². The Labute approximate surface area is 499 Å². The van der Waals surface area contributed by atoms with Gasteiger partial charge < -0.3 is 14.2 Å². The first-order chi connectivity index (χ1) is 40.0. The number of carbonyl (C=O) groups is 3. The highest BCUT2D eigenvalue weighted by Crippen LogP contribution is 2.16. The van der Waals surface area contributed by atoms with Gasteiger partial charge in [-0.1, -0.05) is 282 Å². The summed E-state index contributed by atoms with van der Waals surface area (Å²) in [5, 5.41) is 0. The monoisotopic (exact) mass is 1120 g/mol. The van der Waals surface area contributed by atoms with Crippen molar-refractivity contribution < 1.29 is 28.6 Å². The zero-order chi connectivity index (χ0) is 58.5. The predicted octanol–water partition coefficient (Wildman–Crippen LogP) is 23.1. The van der Waals surface area contributed by atoms with Crippen LogP contribution in [0.1, 0.15) is 290 Å². The van der Waals surface area contributed by atoms with E-state index in [2.05, 4.69) is 167 Å². The third kappa shape index (κ3) is 66.0. The van der Waals surface area contributed by atoms with E-state index in [1.807, 2.05) is 0 Å². The van der Waals surface area contributed by atoms with Crippen LogP contribution in [0.25, 0.3) is 0 Å². The zero-order valence-corrected chi connectivity index (χ0v) is 52.5. The number of hydrogen-bond acceptors (Lipinski definition) is 6. The molecular weight excluding hydrogens is 997 g/mol. The van der Waals surface area contributed by atoms with Crippen LogP contribution in [-0.2, 0) is 28.6 Å². The molecule has 0 heterocycles. The molecule has 0 aromatic rings. The summed E-state index contributed by atoms with van der Waals surface area (Å²) in [6.45, 7) is 6.28. The average Bonchev–Trinajstić information content (AvgIpc) is 3.46. The Morgan fingerprint density at radius 2 is 0.444 bits per heavy atom. The largest absolute Gasteiger partial charge is 0.462 e. The van der Waals surface area contributed by atoms with Crippen molar-refractivity contribution in [2.24, 2.45) is 0 Å². The highest BCUT2D eigenvalue weighted by atomic mass is 16.6. The van der Waals surface area contributed by atoms with Crippen molar-refractivity contribution in [3.63, 3.8) is 0 Å². The minimum absolute atomic E-state index is 0.0953. The standard InChI is InChI=1S/C75H122O6/c1-4-7-10-13-16-19-22-25-27-29-31-33-35-37-39-41-43-45-47-50-53-56-59-62-65-68-74(77)80-71-72(70-79-73(76)67-64-61-58-55-52-49-24-21-18-15-12-9-6-3)81-75(78)69-66-63-60-57-54-51-48-46-44-42-40-38-36-34-32-30-28-26-23-20-17-14-11-8-5-2/h7-12,16-21,25-28,31-34,37,39,49,52,72H,4-6,13-15,22-24,29-30,35-36,38,40-48,50-51,53-71H2,1-3H3/b10-7-,11-8-,12-9-,19-16-,20-17-,21-18-,27-25-,28-26-,33-31-,34-32-,39-37-,52-49-. The van der Waals surface area contributed by atoms with E-state index in [9.17, 15) is 14.4 Å². The van der Waals surface area contributed by atoms with Crippen molar-refractivity contribution in [1.82, 2.24) is 0 Å². The van der Waals surface area contributed by atoms with E-state index >= 15 is 0 Å². The van der Waals surface area contributed by atoms with Crippen LogP contribution in [0.3, 0.4) is 0 Å². The maximum atomic E-state index is 12.9. The molecule has 0 N–H and O–H groups in total. The summed E-state index contributed by atoms with van der Waals surface area (Å²) < 4.78 is 16.9. The molecule has 0 rings (SSSR count). The molecule has 6 nitrogen and oxygen atoms in total. The van der Waals surface area contributed by atoms with Crippen LogP contribution in [0.15, 0.2) is 146 Å². The number of carbonyl (C=O) groups excluding carboxylic acids is 3. The third-order valence-corrected chi connectivity index (χ3v) is 13.8. The molecule has 0 aromatic heterocycles. The molecule has 0 radical (unpaired) electrons. The maximum absolute atomic E-state index is 12.9. The molecule has 1 atom stereocenters. The van der Waals surface area contributed by atoms with Gasteiger partial charge in [-0.15, -0.1) is 0 Å². The lowest BCUT2D eigenvalue weighted by molar-refractivity contribution is -0.167. The van der Waals surface area contributed by atoms with Crippen molar-refractivity contribution in [1.29, 1.82) is 0 Å². The fourth-order valence-corrected chi connectivity index (χ4v) is 8.95. The second kappa shape index (κ2) is 67.8. The fraction of sp³-hybridized carbons (Fsp3) is 0.640. The van der Waals surface area contributed by atoms with Crippen molar-refractivity contribution >= 4 is 17.9 Å². The second-order valence-corrected chi connectivity index (χ2v) is 21.6. The van der Waals surface area contributed by atoms with Crippen LogP contribution in [0, 0.1) is 0 Å². The molecule has 0 aliphatic heterocycles. The number of ether oxygens (including phenoxy) is 3. The van der Waals surface area contributed by atoms with Crippen molar-refractivity contribution in [3.8, 4) is 0 Å². The lowest BCUT2D eigenvalue weighted by Crippen LogP contribution is -2.30. The average molecular weight is 1120 g/mol. The first-order valence-electron chi connectivity index (χ1n) is 33.3. The fourth-order valence-electron chi connectivity index (χ4n) is 8.95. The molecule has 0 spiro atoms. The molecule has 0 saturated heterocycles. The van der Waals surface area contributed by atoms with E-state index in [0.29, 0.717) is 19.3 Å². The summed E-state index contributed by atoms with van der Waals surface area (Å²) in [6, 6.07) is 0. The van der Waals surface area contributed by atoms with Gasteiger partial charge in [-0.05, 0) is 135 Å². The molecule has 0 aliphatic carbocycles. The quantitative estimate of drug-likeness (QED) is 0.0261. The van der Waals surface area contributed by atoms with Crippen LogP contribution >= 0.6 is 0 Å². The van der Waals surface area contributed by atoms with Gasteiger partial charge in [-0.25, -0.2) is 0 Å². The minimum Gasteiger partial charge on any atom is -0.462 e. The summed E-state index contributed by atoms with van der Waals surface area (Å²) >= 11 is 0. The molecular formula is C75H122O6. The Morgan fingerprint density at radius 3 is 0.704 bits per heavy atom. The zero-order valence-electron chi connectivity index (χ0n) is 52.5. The van der Waals surface area contributed by atoms with Crippen molar-refractivity contribution in [3.05, 3.63) is 146 Å². The molecule has 1 unspecified atom stereocenters. The molecule has 0 aliphatic rings. The summed E-state index contributed by atoms with van der Waals surface area (Å²) in [6.07, 6.45) is 97.2. The molecule has 0 saturated carbocycles. The Kier molecular flexibility index (Phi) is 63.9. The lowest BCUT2D eigenvalue weighted by atomic mass is 10.0. The topological polar surface area (TPSA) is 78.9 Å². The van der Waals surface area contributed by atoms with Crippen LogP contribution < -0.4 is 0 Å². The summed E-state index contributed by atoms with van der Waals surface area (Å²) in [5.74, 6) is -0.930. The smallest absolute Gasteiger partial charge is 0.306 e. The molecule has 0 bridgehead atoms. The van der Waals surface area contributed by atoms with E-state index in [4.69, 9.17) is 14.2 Å². The van der Waals surface area contributed by atoms with Crippen LogP contribution in [0.2, 0.25) is 0 Å². The molecule has 81 heavy (non-hydrogen) atoms. The Morgan fingerprint density at radius 1 is 0.247 bits per heavy atom. The summed E-state index contributed by atoms with van der Waals surface area (Å²) in [4.78, 5) is 38.4. The first kappa shape index (κ1) is 76.3. The van der Waals surface area contributed by atoms with Gasteiger partial charge in [0.1, 0.15) is 13.2 Å². The summed E-state index contributed by atoms with van der Waals surface area (Å²) in [5.41, 5.74) is 0. The Bertz CT molecular complexity index is 1760. The number of allylic oxidation sites excluding steroid dienone is 24.